The number of carbonyl (C=O) groups excluding carboxylic acids is 1. The van der Waals surface area contributed by atoms with Gasteiger partial charge < -0.3 is 20.7 Å². The maximum absolute atomic E-state index is 12.0. The van der Waals surface area contributed by atoms with Crippen LogP contribution in [-0.4, -0.2) is 21.9 Å². The summed E-state index contributed by atoms with van der Waals surface area (Å²) in [6.45, 7) is 7.46. The van der Waals surface area contributed by atoms with Crippen molar-refractivity contribution in [2.24, 2.45) is 22.7 Å². The quantitative estimate of drug-likeness (QED) is 0.318. The number of carbonyl (C=O) groups is 1. The van der Waals surface area contributed by atoms with Gasteiger partial charge in [-0.1, -0.05) is 19.0 Å². The van der Waals surface area contributed by atoms with Gasteiger partial charge in [-0.05, 0) is 19.8 Å². The van der Waals surface area contributed by atoms with Gasteiger partial charge in [0.2, 0.25) is 11.8 Å². The lowest BCUT2D eigenvalue weighted by atomic mass is 9.94. The number of aryl methyl sites for hydroxylation is 2. The second kappa shape index (κ2) is 6.21. The molecule has 0 aliphatic rings. The van der Waals surface area contributed by atoms with Gasteiger partial charge in [-0.3, -0.25) is 4.79 Å². The number of rotatable bonds is 5. The summed E-state index contributed by atoms with van der Waals surface area (Å²) in [7, 11) is 0. The average molecular weight is 268 g/mol. The zero-order valence-corrected chi connectivity index (χ0v) is 11.6. The van der Waals surface area contributed by atoms with E-state index in [0.29, 0.717) is 5.89 Å². The fourth-order valence-corrected chi connectivity index (χ4v) is 1.73. The Bertz CT molecular complexity index is 460. The molecule has 0 bridgehead atoms. The van der Waals surface area contributed by atoms with Crippen molar-refractivity contribution < 1.29 is 14.4 Å². The Morgan fingerprint density at radius 1 is 1.53 bits per heavy atom. The van der Waals surface area contributed by atoms with Crippen LogP contribution in [0, 0.1) is 25.7 Å². The summed E-state index contributed by atoms with van der Waals surface area (Å²) < 4.78 is 5.36. The highest BCUT2D eigenvalue weighted by Gasteiger charge is 2.26. The minimum absolute atomic E-state index is 0.0797. The van der Waals surface area contributed by atoms with E-state index in [2.05, 4.69) is 15.5 Å². The molecule has 1 atom stereocenters. The molecule has 1 heterocycles. The number of aromatic nitrogens is 1. The Balaban J connectivity index is 2.68. The minimum atomic E-state index is -0.679. The molecule has 0 spiro atoms. The maximum Gasteiger partial charge on any atom is 0.231 e. The summed E-state index contributed by atoms with van der Waals surface area (Å²) in [5, 5.41) is 14.2. The number of hydrogen-bond donors (Lipinski definition) is 3. The third-order valence-corrected chi connectivity index (χ3v) is 2.87. The van der Waals surface area contributed by atoms with Gasteiger partial charge in [0.1, 0.15) is 11.7 Å². The lowest BCUT2D eigenvalue weighted by Crippen LogP contribution is -2.41. The lowest BCUT2D eigenvalue weighted by molar-refractivity contribution is -0.124. The molecule has 0 aromatic carbocycles. The van der Waals surface area contributed by atoms with Crippen molar-refractivity contribution in [2.45, 2.75) is 34.2 Å². The van der Waals surface area contributed by atoms with Gasteiger partial charge in [0.05, 0.1) is 12.2 Å². The van der Waals surface area contributed by atoms with Gasteiger partial charge in [-0.15, -0.1) is 0 Å². The van der Waals surface area contributed by atoms with Crippen LogP contribution in [0.25, 0.3) is 0 Å². The molecule has 0 aliphatic carbocycles. The first kappa shape index (κ1) is 15.0. The van der Waals surface area contributed by atoms with Gasteiger partial charge in [-0.25, -0.2) is 4.98 Å². The maximum atomic E-state index is 12.0. The van der Waals surface area contributed by atoms with Gasteiger partial charge in [0, 0.05) is 0 Å². The number of amides is 1. The molecule has 19 heavy (non-hydrogen) atoms. The van der Waals surface area contributed by atoms with E-state index in [1.165, 1.54) is 0 Å². The number of oxazole rings is 1. The zero-order valence-electron chi connectivity index (χ0n) is 11.6. The molecule has 106 valence electrons. The molecule has 0 radical (unpaired) electrons. The molecule has 1 amide bonds. The molecule has 7 nitrogen and oxygen atoms in total. The van der Waals surface area contributed by atoms with Gasteiger partial charge in [0.15, 0.2) is 5.84 Å². The first-order chi connectivity index (χ1) is 8.86. The van der Waals surface area contributed by atoms with Crippen molar-refractivity contribution in [1.29, 1.82) is 0 Å². The largest absolute Gasteiger partial charge is 0.444 e. The Hall–Kier alpha value is -2.05. The Morgan fingerprint density at radius 2 is 2.16 bits per heavy atom. The Morgan fingerprint density at radius 3 is 2.58 bits per heavy atom. The van der Waals surface area contributed by atoms with E-state index in [-0.39, 0.29) is 24.2 Å². The minimum Gasteiger partial charge on any atom is -0.444 e. The molecular weight excluding hydrogens is 248 g/mol. The zero-order chi connectivity index (χ0) is 14.6. The first-order valence-electron chi connectivity index (χ1n) is 6.04. The van der Waals surface area contributed by atoms with Crippen molar-refractivity contribution in [1.82, 2.24) is 10.3 Å². The summed E-state index contributed by atoms with van der Waals surface area (Å²) in [6.07, 6.45) is 0. The molecule has 0 saturated heterocycles. The third-order valence-electron chi connectivity index (χ3n) is 2.87. The summed E-state index contributed by atoms with van der Waals surface area (Å²) in [5.74, 6) is -0.0244. The summed E-state index contributed by atoms with van der Waals surface area (Å²) in [6, 6.07) is 0. The molecular formula is C12H20N4O3. The van der Waals surface area contributed by atoms with E-state index in [4.69, 9.17) is 15.4 Å². The number of nitrogens with zero attached hydrogens (tertiary/aromatic N) is 2. The van der Waals surface area contributed by atoms with Gasteiger partial charge >= 0.3 is 0 Å². The topological polar surface area (TPSA) is 114 Å². The van der Waals surface area contributed by atoms with Crippen LogP contribution in [-0.2, 0) is 11.3 Å². The van der Waals surface area contributed by atoms with Crippen LogP contribution in [0.2, 0.25) is 0 Å². The first-order valence-corrected chi connectivity index (χ1v) is 6.04. The molecule has 7 heteroatoms. The van der Waals surface area contributed by atoms with Crippen LogP contribution in [0.1, 0.15) is 31.2 Å². The van der Waals surface area contributed by atoms with Gasteiger partial charge in [-0.2, -0.15) is 0 Å². The van der Waals surface area contributed by atoms with Crippen molar-refractivity contribution in [3.05, 3.63) is 17.3 Å². The predicted octanol–water partition coefficient (Wildman–Crippen LogP) is 0.926. The van der Waals surface area contributed by atoms with Crippen LogP contribution < -0.4 is 11.1 Å². The van der Waals surface area contributed by atoms with Crippen molar-refractivity contribution >= 4 is 11.7 Å². The van der Waals surface area contributed by atoms with E-state index in [9.17, 15) is 4.79 Å². The molecule has 1 aromatic heterocycles. The van der Waals surface area contributed by atoms with Crippen LogP contribution in [0.15, 0.2) is 9.57 Å². The highest BCUT2D eigenvalue weighted by molar-refractivity contribution is 6.02. The highest BCUT2D eigenvalue weighted by atomic mass is 16.4. The molecule has 0 aliphatic heterocycles. The number of nitrogens with one attached hydrogen (secondary N) is 1. The fourth-order valence-electron chi connectivity index (χ4n) is 1.73. The average Bonchev–Trinajstić information content (AvgIpc) is 2.65. The standard InChI is InChI=1S/C12H20N4O3/c1-6(2)10(11(13)16-18)12(17)14-5-9-15-7(3)8(4)19-9/h6,10,18H,5H2,1-4H3,(H2,13,16)(H,14,17). The number of hydrogen-bond acceptors (Lipinski definition) is 5. The Labute approximate surface area is 111 Å². The third kappa shape index (κ3) is 3.70. The van der Waals surface area contributed by atoms with E-state index in [1.54, 1.807) is 6.92 Å². The van der Waals surface area contributed by atoms with Crippen molar-refractivity contribution in [2.75, 3.05) is 0 Å². The van der Waals surface area contributed by atoms with Crippen molar-refractivity contribution in [3.63, 3.8) is 0 Å². The highest BCUT2D eigenvalue weighted by Crippen LogP contribution is 2.12. The second-order valence-corrected chi connectivity index (χ2v) is 4.71. The smallest absolute Gasteiger partial charge is 0.231 e. The molecule has 1 aromatic rings. The Kier molecular flexibility index (Phi) is 4.91. The predicted molar refractivity (Wildman–Crippen MR) is 69.6 cm³/mol. The van der Waals surface area contributed by atoms with E-state index < -0.39 is 5.92 Å². The molecule has 1 unspecified atom stereocenters. The van der Waals surface area contributed by atoms with Crippen molar-refractivity contribution in [3.8, 4) is 0 Å². The second-order valence-electron chi connectivity index (χ2n) is 4.71. The summed E-state index contributed by atoms with van der Waals surface area (Å²) in [5.41, 5.74) is 6.31. The lowest BCUT2D eigenvalue weighted by Gasteiger charge is -2.18. The van der Waals surface area contributed by atoms with Crippen LogP contribution in [0.5, 0.6) is 0 Å². The van der Waals surface area contributed by atoms with Crippen LogP contribution in [0.4, 0.5) is 0 Å². The monoisotopic (exact) mass is 268 g/mol. The van der Waals surface area contributed by atoms with E-state index in [0.717, 1.165) is 11.5 Å². The normalized spacial score (nSPS) is 13.6. The molecule has 4 N–H and O–H groups in total. The fraction of sp³-hybridized carbons (Fsp3) is 0.583. The van der Waals surface area contributed by atoms with Crippen LogP contribution >= 0.6 is 0 Å². The van der Waals surface area contributed by atoms with Gasteiger partial charge in [0.25, 0.3) is 0 Å². The molecule has 0 saturated carbocycles. The SMILES string of the molecule is Cc1nc(CNC(=O)C(C(N)=NO)C(C)C)oc1C. The van der Waals surface area contributed by atoms with Crippen LogP contribution in [0.3, 0.4) is 0 Å². The summed E-state index contributed by atoms with van der Waals surface area (Å²) >= 11 is 0. The molecule has 0 fully saturated rings. The van der Waals surface area contributed by atoms with E-state index in [1.807, 2.05) is 20.8 Å². The number of nitrogens with two attached hydrogens (primary N) is 1. The number of oxime groups is 1. The summed E-state index contributed by atoms with van der Waals surface area (Å²) in [4.78, 5) is 16.2. The molecule has 1 rings (SSSR count). The number of amidine groups is 1. The van der Waals surface area contributed by atoms with E-state index >= 15 is 0 Å².